The molecule has 33 heavy (non-hydrogen) atoms. The molecule has 0 radical (unpaired) electrons. The lowest BCUT2D eigenvalue weighted by Crippen LogP contribution is -2.11. The van der Waals surface area contributed by atoms with Gasteiger partial charge in [0.2, 0.25) is 0 Å². The molecule has 0 aromatic heterocycles. The smallest absolute Gasteiger partial charge is 0.123 e. The second kappa shape index (κ2) is 11.2. The first-order valence-electron chi connectivity index (χ1n) is 10.2. The zero-order valence-electron chi connectivity index (χ0n) is 18.9. The number of thioether (sulfide) groups is 2. The van der Waals surface area contributed by atoms with E-state index in [1.807, 2.05) is 24.3 Å². The number of nitrogen functional groups attached to an aromatic ring is 2. The highest BCUT2D eigenvalue weighted by Gasteiger charge is 2.10. The van der Waals surface area contributed by atoms with Crippen molar-refractivity contribution < 1.29 is 9.47 Å². The van der Waals surface area contributed by atoms with E-state index in [1.54, 1.807) is 49.9 Å². The third-order valence-corrected chi connectivity index (χ3v) is 7.06. The van der Waals surface area contributed by atoms with E-state index in [1.165, 1.54) is 15.4 Å². The number of nitrogens with one attached hydrogen (secondary N) is 2. The summed E-state index contributed by atoms with van der Waals surface area (Å²) in [6, 6.07) is 17.8. The SMILES string of the molecule is COc1cc(C(=N)N)ccc1CSc1cc(C)cc(SCc2ccc(C(=N)N)cc2OC)c1. The van der Waals surface area contributed by atoms with Gasteiger partial charge in [-0.3, -0.25) is 10.8 Å². The van der Waals surface area contributed by atoms with Crippen molar-refractivity contribution in [2.45, 2.75) is 28.2 Å². The number of amidine groups is 2. The Morgan fingerprint density at radius 2 is 1.15 bits per heavy atom. The average molecular weight is 481 g/mol. The molecule has 0 heterocycles. The molecule has 0 saturated heterocycles. The van der Waals surface area contributed by atoms with Gasteiger partial charge in [-0.05, 0) is 42.8 Å². The largest absolute Gasteiger partial charge is 0.496 e. The third kappa shape index (κ3) is 6.46. The van der Waals surface area contributed by atoms with Crippen molar-refractivity contribution >= 4 is 35.2 Å². The summed E-state index contributed by atoms with van der Waals surface area (Å²) < 4.78 is 11.0. The lowest BCUT2D eigenvalue weighted by atomic mass is 10.1. The van der Waals surface area contributed by atoms with Crippen LogP contribution < -0.4 is 20.9 Å². The van der Waals surface area contributed by atoms with E-state index >= 15 is 0 Å². The number of rotatable bonds is 10. The van der Waals surface area contributed by atoms with Crippen LogP contribution in [0.2, 0.25) is 0 Å². The first-order valence-corrected chi connectivity index (χ1v) is 12.2. The van der Waals surface area contributed by atoms with Gasteiger partial charge >= 0.3 is 0 Å². The zero-order chi connectivity index (χ0) is 24.0. The molecule has 0 unspecified atom stereocenters. The normalized spacial score (nSPS) is 10.6. The lowest BCUT2D eigenvalue weighted by Gasteiger charge is -2.12. The summed E-state index contributed by atoms with van der Waals surface area (Å²) in [5.74, 6) is 3.02. The van der Waals surface area contributed by atoms with Crippen LogP contribution in [-0.4, -0.2) is 25.9 Å². The minimum absolute atomic E-state index is 0.0282. The highest BCUT2D eigenvalue weighted by molar-refractivity contribution is 7.99. The van der Waals surface area contributed by atoms with Crippen LogP contribution in [0.25, 0.3) is 0 Å². The molecule has 8 heteroatoms. The predicted octanol–water partition coefficient (Wildman–Crippen LogP) is 5.16. The quantitative estimate of drug-likeness (QED) is 0.181. The monoisotopic (exact) mass is 480 g/mol. The Balaban J connectivity index is 1.72. The maximum atomic E-state index is 7.61. The van der Waals surface area contributed by atoms with Crippen LogP contribution in [0.3, 0.4) is 0 Å². The maximum Gasteiger partial charge on any atom is 0.123 e. The molecule has 6 N–H and O–H groups in total. The molecule has 172 valence electrons. The molecule has 0 bridgehead atoms. The zero-order valence-corrected chi connectivity index (χ0v) is 20.5. The first-order chi connectivity index (χ1) is 15.8. The summed E-state index contributed by atoms with van der Waals surface area (Å²) in [6.45, 7) is 2.10. The Bertz CT molecular complexity index is 1090. The topological polar surface area (TPSA) is 118 Å². The molecule has 3 aromatic rings. The van der Waals surface area contributed by atoms with E-state index in [-0.39, 0.29) is 11.7 Å². The summed E-state index contributed by atoms with van der Waals surface area (Å²) in [5.41, 5.74) is 15.8. The van der Waals surface area contributed by atoms with Crippen LogP contribution in [0.5, 0.6) is 11.5 Å². The van der Waals surface area contributed by atoms with Gasteiger partial charge in [0.25, 0.3) is 0 Å². The van der Waals surface area contributed by atoms with Crippen LogP contribution in [0.1, 0.15) is 27.8 Å². The molecule has 0 aliphatic rings. The fourth-order valence-electron chi connectivity index (χ4n) is 3.27. The van der Waals surface area contributed by atoms with Crippen molar-refractivity contribution in [3.05, 3.63) is 82.4 Å². The number of hydrogen-bond acceptors (Lipinski definition) is 6. The van der Waals surface area contributed by atoms with Gasteiger partial charge in [0.1, 0.15) is 23.2 Å². The van der Waals surface area contributed by atoms with Gasteiger partial charge in [-0.15, -0.1) is 23.5 Å². The molecule has 0 aliphatic carbocycles. The van der Waals surface area contributed by atoms with Gasteiger partial charge < -0.3 is 20.9 Å². The number of nitrogens with two attached hydrogens (primary N) is 2. The second-order valence-corrected chi connectivity index (χ2v) is 9.54. The maximum absolute atomic E-state index is 7.61. The Morgan fingerprint density at radius 1 is 0.727 bits per heavy atom. The van der Waals surface area contributed by atoms with E-state index in [4.69, 9.17) is 31.8 Å². The highest BCUT2D eigenvalue weighted by atomic mass is 32.2. The van der Waals surface area contributed by atoms with Crippen LogP contribution in [0.4, 0.5) is 0 Å². The Labute approximate surface area is 203 Å². The Morgan fingerprint density at radius 3 is 1.52 bits per heavy atom. The van der Waals surface area contributed by atoms with Crippen molar-refractivity contribution in [1.82, 2.24) is 0 Å². The predicted molar refractivity (Wildman–Crippen MR) is 138 cm³/mol. The molecule has 3 rings (SSSR count). The van der Waals surface area contributed by atoms with Gasteiger partial charge in [-0.2, -0.15) is 0 Å². The molecule has 0 spiro atoms. The molecule has 0 fully saturated rings. The third-order valence-electron chi connectivity index (χ3n) is 5.01. The van der Waals surface area contributed by atoms with E-state index in [9.17, 15) is 0 Å². The number of methoxy groups -OCH3 is 2. The summed E-state index contributed by atoms with van der Waals surface area (Å²) in [7, 11) is 3.26. The second-order valence-electron chi connectivity index (χ2n) is 7.44. The minimum atomic E-state index is 0.0282. The lowest BCUT2D eigenvalue weighted by molar-refractivity contribution is 0.411. The van der Waals surface area contributed by atoms with Crippen LogP contribution in [0, 0.1) is 17.7 Å². The molecular weight excluding hydrogens is 452 g/mol. The Hall–Kier alpha value is -3.10. The fourth-order valence-corrected chi connectivity index (χ4v) is 5.42. The van der Waals surface area contributed by atoms with E-state index in [2.05, 4.69) is 25.1 Å². The fraction of sp³-hybridized carbons (Fsp3) is 0.200. The van der Waals surface area contributed by atoms with Gasteiger partial charge in [-0.25, -0.2) is 0 Å². The van der Waals surface area contributed by atoms with Crippen molar-refractivity contribution in [3.8, 4) is 11.5 Å². The minimum Gasteiger partial charge on any atom is -0.496 e. The van der Waals surface area contributed by atoms with Gasteiger partial charge in [0.05, 0.1) is 14.2 Å². The van der Waals surface area contributed by atoms with Crippen molar-refractivity contribution in [2.75, 3.05) is 14.2 Å². The average Bonchev–Trinajstić information content (AvgIpc) is 2.80. The molecule has 6 nitrogen and oxygen atoms in total. The molecule has 0 amide bonds. The van der Waals surface area contributed by atoms with Crippen LogP contribution >= 0.6 is 23.5 Å². The molecule has 0 atom stereocenters. The van der Waals surface area contributed by atoms with E-state index in [0.29, 0.717) is 11.1 Å². The number of hydrogen-bond donors (Lipinski definition) is 4. The van der Waals surface area contributed by atoms with Crippen molar-refractivity contribution in [3.63, 3.8) is 0 Å². The van der Waals surface area contributed by atoms with Crippen LogP contribution in [-0.2, 0) is 11.5 Å². The summed E-state index contributed by atoms with van der Waals surface area (Å²) >= 11 is 3.48. The van der Waals surface area contributed by atoms with Gasteiger partial charge in [0.15, 0.2) is 0 Å². The van der Waals surface area contributed by atoms with Gasteiger partial charge in [0, 0.05) is 43.6 Å². The van der Waals surface area contributed by atoms with Crippen molar-refractivity contribution in [1.29, 1.82) is 10.8 Å². The summed E-state index contributed by atoms with van der Waals surface area (Å²) in [5, 5.41) is 15.2. The molecular formula is C25H28N4O2S2. The number of benzene rings is 3. The first kappa shape index (κ1) is 24.5. The van der Waals surface area contributed by atoms with Gasteiger partial charge in [-0.1, -0.05) is 24.3 Å². The molecule has 0 aliphatic heterocycles. The Kier molecular flexibility index (Phi) is 8.30. The number of ether oxygens (including phenoxy) is 2. The van der Waals surface area contributed by atoms with Crippen LogP contribution in [0.15, 0.2) is 64.4 Å². The van der Waals surface area contributed by atoms with E-state index in [0.717, 1.165) is 34.1 Å². The summed E-state index contributed by atoms with van der Waals surface area (Å²) in [4.78, 5) is 2.35. The standard InChI is InChI=1S/C25H28N4O2S2/c1-15-8-20(32-13-18-6-4-16(24(26)27)10-22(18)30-2)12-21(9-15)33-14-19-7-5-17(25(28)29)11-23(19)31-3/h4-12H,13-14H2,1-3H3,(H3,26,27)(H3,28,29). The molecule has 0 saturated carbocycles. The van der Waals surface area contributed by atoms with E-state index < -0.39 is 0 Å². The highest BCUT2D eigenvalue weighted by Crippen LogP contribution is 2.34. The summed E-state index contributed by atoms with van der Waals surface area (Å²) in [6.07, 6.45) is 0. The molecule has 3 aromatic carbocycles. The number of aryl methyl sites for hydroxylation is 1. The van der Waals surface area contributed by atoms with Crippen molar-refractivity contribution in [2.24, 2.45) is 11.5 Å².